The van der Waals surface area contributed by atoms with Crippen molar-refractivity contribution in [2.45, 2.75) is 52.9 Å². The molecule has 1 aliphatic carbocycles. The van der Waals surface area contributed by atoms with Crippen LogP contribution >= 0.6 is 15.9 Å². The second kappa shape index (κ2) is 9.16. The van der Waals surface area contributed by atoms with E-state index in [1.807, 2.05) is 25.1 Å². The minimum atomic E-state index is -0.502. The number of allylic oxidation sites excluding steroid dienone is 3. The minimum Gasteiger partial charge on any atom is -0.493 e. The number of dihydropyridines is 1. The van der Waals surface area contributed by atoms with Gasteiger partial charge in [0.25, 0.3) is 0 Å². The second-order valence-corrected chi connectivity index (χ2v) is 8.79. The maximum atomic E-state index is 13.0. The molecule has 0 aromatic heterocycles. The molecule has 1 aromatic carbocycles. The Balaban J connectivity index is 2.19. The first-order chi connectivity index (χ1) is 13.8. The van der Waals surface area contributed by atoms with Gasteiger partial charge in [0.2, 0.25) is 0 Å². The zero-order chi connectivity index (χ0) is 21.1. The highest BCUT2D eigenvalue weighted by atomic mass is 79.9. The molecule has 1 aromatic rings. The number of nitrogens with one attached hydrogen (secondary N) is 1. The predicted octanol–water partition coefficient (Wildman–Crippen LogP) is 5.01. The van der Waals surface area contributed by atoms with Crippen LogP contribution in [0.2, 0.25) is 0 Å². The Hall–Kier alpha value is -2.08. The minimum absolute atomic E-state index is 0.0767. The quantitative estimate of drug-likeness (QED) is 0.602. The molecule has 1 atom stereocenters. The monoisotopic (exact) mass is 461 g/mol. The molecule has 0 radical (unpaired) electrons. The van der Waals surface area contributed by atoms with Gasteiger partial charge in [-0.2, -0.15) is 0 Å². The topological polar surface area (TPSA) is 64.6 Å². The van der Waals surface area contributed by atoms with Crippen LogP contribution in [-0.2, 0) is 14.3 Å². The predicted molar refractivity (Wildman–Crippen MR) is 116 cm³/mol. The molecule has 1 N–H and O–H groups in total. The maximum absolute atomic E-state index is 13.0. The third kappa shape index (κ3) is 4.58. The molecule has 0 unspecified atom stereocenters. The number of ether oxygens (including phenoxy) is 2. The summed E-state index contributed by atoms with van der Waals surface area (Å²) in [5, 5.41) is 3.31. The normalized spacial score (nSPS) is 19.2. The Kier molecular flexibility index (Phi) is 6.83. The second-order valence-electron chi connectivity index (χ2n) is 7.87. The zero-order valence-corrected chi connectivity index (χ0v) is 19.0. The number of carbonyl (C=O) groups is 2. The van der Waals surface area contributed by atoms with Crippen molar-refractivity contribution in [2.24, 2.45) is 5.92 Å². The third-order valence-corrected chi connectivity index (χ3v) is 5.62. The molecular formula is C23H28BrNO4. The van der Waals surface area contributed by atoms with E-state index in [-0.39, 0.29) is 12.4 Å². The van der Waals surface area contributed by atoms with Gasteiger partial charge < -0.3 is 14.8 Å². The molecule has 0 bridgehead atoms. The maximum Gasteiger partial charge on any atom is 0.336 e. The Labute approximate surface area is 180 Å². The van der Waals surface area contributed by atoms with Crippen molar-refractivity contribution in [3.05, 3.63) is 50.8 Å². The lowest BCUT2D eigenvalue weighted by Gasteiger charge is -2.34. The fourth-order valence-corrected chi connectivity index (χ4v) is 4.29. The number of carbonyl (C=O) groups excluding carboxylic acids is 2. The SMILES string of the molecule is CCOC(=O)C1=C(C)NC2=C(C(=O)CCC2)[C@@H]1c1cc(Br)ccc1OCC(C)C. The molecule has 0 saturated carbocycles. The Morgan fingerprint density at radius 1 is 1.31 bits per heavy atom. The number of rotatable bonds is 6. The first-order valence-electron chi connectivity index (χ1n) is 10.2. The lowest BCUT2D eigenvalue weighted by molar-refractivity contribution is -0.138. The van der Waals surface area contributed by atoms with Gasteiger partial charge in [-0.25, -0.2) is 4.79 Å². The molecule has 6 heteroatoms. The molecule has 1 aliphatic heterocycles. The van der Waals surface area contributed by atoms with Crippen LogP contribution < -0.4 is 10.1 Å². The van der Waals surface area contributed by atoms with Crippen molar-refractivity contribution in [1.29, 1.82) is 0 Å². The van der Waals surface area contributed by atoms with Crippen molar-refractivity contribution in [2.75, 3.05) is 13.2 Å². The molecular weight excluding hydrogens is 434 g/mol. The van der Waals surface area contributed by atoms with Crippen LogP contribution in [0, 0.1) is 5.92 Å². The highest BCUT2D eigenvalue weighted by molar-refractivity contribution is 9.10. The average molecular weight is 462 g/mol. The molecule has 2 aliphatic rings. The van der Waals surface area contributed by atoms with Gasteiger partial charge in [0.05, 0.1) is 24.7 Å². The summed E-state index contributed by atoms with van der Waals surface area (Å²) >= 11 is 3.54. The van der Waals surface area contributed by atoms with Gasteiger partial charge in [-0.1, -0.05) is 29.8 Å². The largest absolute Gasteiger partial charge is 0.493 e. The average Bonchev–Trinajstić information content (AvgIpc) is 2.66. The number of hydrogen-bond acceptors (Lipinski definition) is 5. The smallest absolute Gasteiger partial charge is 0.336 e. The molecule has 3 rings (SSSR count). The van der Waals surface area contributed by atoms with Crippen LogP contribution in [0.5, 0.6) is 5.75 Å². The van der Waals surface area contributed by atoms with E-state index in [1.54, 1.807) is 6.92 Å². The highest BCUT2D eigenvalue weighted by Gasteiger charge is 2.40. The van der Waals surface area contributed by atoms with Crippen molar-refractivity contribution in [3.63, 3.8) is 0 Å². The molecule has 29 heavy (non-hydrogen) atoms. The van der Waals surface area contributed by atoms with Gasteiger partial charge in [-0.15, -0.1) is 0 Å². The highest BCUT2D eigenvalue weighted by Crippen LogP contribution is 2.46. The van der Waals surface area contributed by atoms with Crippen LogP contribution in [-0.4, -0.2) is 25.0 Å². The van der Waals surface area contributed by atoms with Crippen LogP contribution in [0.15, 0.2) is 45.2 Å². The fourth-order valence-electron chi connectivity index (χ4n) is 3.91. The van der Waals surface area contributed by atoms with Gasteiger partial charge in [0.1, 0.15) is 5.75 Å². The number of hydrogen-bond donors (Lipinski definition) is 1. The van der Waals surface area contributed by atoms with E-state index in [0.29, 0.717) is 35.8 Å². The van der Waals surface area contributed by atoms with Crippen molar-refractivity contribution in [3.8, 4) is 5.75 Å². The van der Waals surface area contributed by atoms with E-state index >= 15 is 0 Å². The molecule has 0 spiro atoms. The van der Waals surface area contributed by atoms with E-state index in [0.717, 1.165) is 34.3 Å². The number of ketones is 1. The lowest BCUT2D eigenvalue weighted by Crippen LogP contribution is -2.34. The summed E-state index contributed by atoms with van der Waals surface area (Å²) in [6.45, 7) is 8.65. The third-order valence-electron chi connectivity index (χ3n) is 5.13. The van der Waals surface area contributed by atoms with Crippen molar-refractivity contribution >= 4 is 27.7 Å². The van der Waals surface area contributed by atoms with Crippen LogP contribution in [0.4, 0.5) is 0 Å². The summed E-state index contributed by atoms with van der Waals surface area (Å²) in [6, 6.07) is 5.76. The molecule has 0 amide bonds. The van der Waals surface area contributed by atoms with Gasteiger partial charge >= 0.3 is 5.97 Å². The van der Waals surface area contributed by atoms with Crippen molar-refractivity contribution in [1.82, 2.24) is 5.32 Å². The van der Waals surface area contributed by atoms with E-state index in [9.17, 15) is 9.59 Å². The Bertz CT molecular complexity index is 885. The van der Waals surface area contributed by atoms with E-state index in [2.05, 4.69) is 35.1 Å². The molecule has 156 valence electrons. The van der Waals surface area contributed by atoms with Crippen LogP contribution in [0.3, 0.4) is 0 Å². The summed E-state index contributed by atoms with van der Waals surface area (Å²) in [5.41, 5.74) is 3.60. The summed E-state index contributed by atoms with van der Waals surface area (Å²) in [6.07, 6.45) is 2.10. The first kappa shape index (κ1) is 21.6. The van der Waals surface area contributed by atoms with Crippen LogP contribution in [0.1, 0.15) is 58.4 Å². The Morgan fingerprint density at radius 2 is 2.07 bits per heavy atom. The standard InChI is InChI=1S/C23H28BrNO4/c1-5-28-23(27)20-14(4)25-17-7-6-8-18(26)22(17)21(20)16-11-15(24)9-10-19(16)29-12-13(2)3/h9-11,13,21,25H,5-8,12H2,1-4H3/t21-/m1/s1. The van der Waals surface area contributed by atoms with Gasteiger partial charge in [0.15, 0.2) is 5.78 Å². The molecule has 5 nitrogen and oxygen atoms in total. The van der Waals surface area contributed by atoms with Gasteiger partial charge in [0, 0.05) is 33.4 Å². The summed E-state index contributed by atoms with van der Waals surface area (Å²) < 4.78 is 12.3. The van der Waals surface area contributed by atoms with Crippen LogP contribution in [0.25, 0.3) is 0 Å². The number of Topliss-reactive ketones (excluding diaryl/α,β-unsaturated/α-hetero) is 1. The fraction of sp³-hybridized carbons (Fsp3) is 0.478. The zero-order valence-electron chi connectivity index (χ0n) is 17.4. The summed E-state index contributed by atoms with van der Waals surface area (Å²) in [4.78, 5) is 25.9. The lowest BCUT2D eigenvalue weighted by atomic mass is 9.75. The summed E-state index contributed by atoms with van der Waals surface area (Å²) in [5.74, 6) is 0.217. The number of halogens is 1. The Morgan fingerprint density at radius 3 is 2.76 bits per heavy atom. The van der Waals surface area contributed by atoms with E-state index in [1.165, 1.54) is 0 Å². The number of esters is 1. The molecule has 0 fully saturated rings. The van der Waals surface area contributed by atoms with Gasteiger partial charge in [-0.05, 0) is 50.8 Å². The molecule has 1 heterocycles. The molecule has 0 saturated heterocycles. The van der Waals surface area contributed by atoms with E-state index < -0.39 is 11.9 Å². The number of benzene rings is 1. The van der Waals surface area contributed by atoms with Crippen molar-refractivity contribution < 1.29 is 19.1 Å². The summed E-state index contributed by atoms with van der Waals surface area (Å²) in [7, 11) is 0. The van der Waals surface area contributed by atoms with E-state index in [4.69, 9.17) is 9.47 Å². The first-order valence-corrected chi connectivity index (χ1v) is 11.0. The van der Waals surface area contributed by atoms with Gasteiger partial charge in [-0.3, -0.25) is 4.79 Å².